The first-order valence-corrected chi connectivity index (χ1v) is 8.83. The van der Waals surface area contributed by atoms with Crippen molar-refractivity contribution in [3.63, 3.8) is 0 Å². The van der Waals surface area contributed by atoms with Gasteiger partial charge in [0.15, 0.2) is 0 Å². The lowest BCUT2D eigenvalue weighted by molar-refractivity contribution is 0.122. The molecule has 0 saturated carbocycles. The van der Waals surface area contributed by atoms with Gasteiger partial charge in [0.1, 0.15) is 0 Å². The predicted octanol–water partition coefficient (Wildman–Crippen LogP) is -0.940. The molecule has 11 heteroatoms. The van der Waals surface area contributed by atoms with Crippen LogP contribution in [0.5, 0.6) is 0 Å². The molecule has 1 aliphatic rings. The second-order valence-corrected chi connectivity index (χ2v) is 7.48. The number of hydrogen-bond acceptors (Lipinski definition) is 7. The van der Waals surface area contributed by atoms with Crippen LogP contribution >= 0.6 is 0 Å². The van der Waals surface area contributed by atoms with Crippen molar-refractivity contribution in [2.75, 3.05) is 25.7 Å². The smallest absolute Gasteiger partial charge is 0.407 e. The molecule has 0 aromatic rings. The maximum Gasteiger partial charge on any atom is 0.407 e. The first-order valence-electron chi connectivity index (χ1n) is 5.20. The van der Waals surface area contributed by atoms with Crippen molar-refractivity contribution in [2.45, 2.75) is 18.6 Å². The average molecular weight is 317 g/mol. The topological polar surface area (TPSA) is 127 Å². The molecular formula is C8H15NO8S2. The van der Waals surface area contributed by atoms with Gasteiger partial charge < -0.3 is 10.0 Å². The van der Waals surface area contributed by atoms with E-state index in [4.69, 9.17) is 9.29 Å². The lowest BCUT2D eigenvalue weighted by atomic mass is 10.2. The fraction of sp³-hybridized carbons (Fsp3) is 0.875. The van der Waals surface area contributed by atoms with E-state index >= 15 is 0 Å². The number of likely N-dealkylation sites (tertiary alicyclic amines) is 1. The van der Waals surface area contributed by atoms with E-state index in [0.29, 0.717) is 0 Å². The Morgan fingerprint density at radius 3 is 2.26 bits per heavy atom. The molecule has 1 rings (SSSR count). The summed E-state index contributed by atoms with van der Waals surface area (Å²) >= 11 is 0. The van der Waals surface area contributed by atoms with Gasteiger partial charge in [0.05, 0.1) is 37.8 Å². The molecule has 112 valence electrons. The number of carbonyl (C=O) groups is 1. The Morgan fingerprint density at radius 1 is 1.26 bits per heavy atom. The summed E-state index contributed by atoms with van der Waals surface area (Å²) < 4.78 is 52.9. The van der Waals surface area contributed by atoms with Crippen LogP contribution < -0.4 is 0 Å². The number of amides is 1. The Hall–Kier alpha value is -0.910. The van der Waals surface area contributed by atoms with Crippen molar-refractivity contribution < 1.29 is 35.1 Å². The highest BCUT2D eigenvalue weighted by Gasteiger charge is 2.38. The summed E-state index contributed by atoms with van der Waals surface area (Å²) in [5.41, 5.74) is 0. The Kier molecular flexibility index (Phi) is 4.76. The van der Waals surface area contributed by atoms with E-state index in [1.165, 1.54) is 0 Å². The van der Waals surface area contributed by atoms with Crippen LogP contribution in [0, 0.1) is 0 Å². The summed E-state index contributed by atoms with van der Waals surface area (Å²) in [5, 5.41) is 8.95. The third kappa shape index (κ3) is 5.72. The van der Waals surface area contributed by atoms with Crippen LogP contribution in [0.25, 0.3) is 0 Å². The molecule has 2 unspecified atom stereocenters. The first-order chi connectivity index (χ1) is 8.48. The first kappa shape index (κ1) is 16.1. The highest BCUT2D eigenvalue weighted by molar-refractivity contribution is 7.86. The molecule has 1 amide bonds. The molecule has 2 atom stereocenters. The Bertz CT molecular complexity index is 539. The largest absolute Gasteiger partial charge is 0.465 e. The number of hydrogen-bond donors (Lipinski definition) is 1. The van der Waals surface area contributed by atoms with Crippen molar-refractivity contribution in [3.05, 3.63) is 0 Å². The zero-order valence-corrected chi connectivity index (χ0v) is 12.0. The summed E-state index contributed by atoms with van der Waals surface area (Å²) in [4.78, 5) is 11.9. The molecule has 0 aromatic carbocycles. The molecule has 0 radical (unpaired) electrons. The summed E-state index contributed by atoms with van der Waals surface area (Å²) in [6.45, 7) is -0.519. The molecular weight excluding hydrogens is 302 g/mol. The molecule has 1 heterocycles. The number of rotatable bonds is 5. The van der Waals surface area contributed by atoms with Gasteiger partial charge in [0.25, 0.3) is 20.2 Å². The Morgan fingerprint density at radius 2 is 1.84 bits per heavy atom. The lowest BCUT2D eigenvalue weighted by Gasteiger charge is -2.19. The highest BCUT2D eigenvalue weighted by Crippen LogP contribution is 2.22. The van der Waals surface area contributed by atoms with Gasteiger partial charge in [-0.15, -0.1) is 0 Å². The molecule has 0 aromatic heterocycles. The van der Waals surface area contributed by atoms with Crippen LogP contribution in [0.1, 0.15) is 6.42 Å². The maximum absolute atomic E-state index is 11.0. The maximum atomic E-state index is 11.0. The van der Waals surface area contributed by atoms with Gasteiger partial charge in [-0.25, -0.2) is 4.79 Å². The van der Waals surface area contributed by atoms with Gasteiger partial charge in [-0.1, -0.05) is 0 Å². The molecule has 19 heavy (non-hydrogen) atoms. The number of carboxylic acid groups (broad SMARTS) is 1. The second-order valence-electron chi connectivity index (χ2n) is 4.24. The molecule has 1 aliphatic heterocycles. The minimum absolute atomic E-state index is 0.0505. The molecule has 1 saturated heterocycles. The zero-order valence-electron chi connectivity index (χ0n) is 10.3. The van der Waals surface area contributed by atoms with E-state index in [1.807, 2.05) is 0 Å². The zero-order chi connectivity index (χ0) is 14.8. The molecule has 1 fully saturated rings. The van der Waals surface area contributed by atoms with Crippen molar-refractivity contribution in [2.24, 2.45) is 0 Å². The van der Waals surface area contributed by atoms with Crippen LogP contribution in [-0.2, 0) is 28.6 Å². The van der Waals surface area contributed by atoms with E-state index in [1.54, 1.807) is 0 Å². The van der Waals surface area contributed by atoms with Crippen molar-refractivity contribution >= 4 is 26.3 Å². The van der Waals surface area contributed by atoms with Crippen LogP contribution in [0.2, 0.25) is 0 Å². The van der Waals surface area contributed by atoms with Crippen LogP contribution in [0.3, 0.4) is 0 Å². The van der Waals surface area contributed by atoms with Gasteiger partial charge in [-0.3, -0.25) is 8.37 Å². The van der Waals surface area contributed by atoms with E-state index in [0.717, 1.165) is 17.4 Å². The van der Waals surface area contributed by atoms with E-state index in [2.05, 4.69) is 4.18 Å². The Balaban J connectivity index is 2.71. The summed E-state index contributed by atoms with van der Waals surface area (Å²) in [6, 6.07) is -0.765. The average Bonchev–Trinajstić information content (AvgIpc) is 2.54. The lowest BCUT2D eigenvalue weighted by Crippen LogP contribution is -2.38. The summed E-state index contributed by atoms with van der Waals surface area (Å²) in [6.07, 6.45) is -0.369. The van der Waals surface area contributed by atoms with E-state index in [-0.39, 0.29) is 19.6 Å². The molecule has 1 N–H and O–H groups in total. The van der Waals surface area contributed by atoms with Gasteiger partial charge >= 0.3 is 6.09 Å². The van der Waals surface area contributed by atoms with Gasteiger partial charge in [-0.05, 0) is 6.42 Å². The van der Waals surface area contributed by atoms with Crippen LogP contribution in [0.15, 0.2) is 0 Å². The molecule has 9 nitrogen and oxygen atoms in total. The minimum Gasteiger partial charge on any atom is -0.465 e. The van der Waals surface area contributed by atoms with Gasteiger partial charge in [-0.2, -0.15) is 16.8 Å². The summed E-state index contributed by atoms with van der Waals surface area (Å²) in [7, 11) is -7.39. The van der Waals surface area contributed by atoms with Gasteiger partial charge in [0.2, 0.25) is 0 Å². The molecule has 0 bridgehead atoms. The fourth-order valence-corrected chi connectivity index (χ4v) is 2.82. The molecule has 0 spiro atoms. The van der Waals surface area contributed by atoms with Crippen LogP contribution in [0.4, 0.5) is 4.79 Å². The van der Waals surface area contributed by atoms with Crippen molar-refractivity contribution in [1.82, 2.24) is 4.90 Å². The SMILES string of the molecule is CS(=O)(=O)OCC1CC(OS(C)(=O)=O)CN1C(=O)O. The standard InChI is InChI=1S/C8H15NO8S2/c1-18(12,13)16-5-6-3-7(17-19(2,14)15)4-9(6)8(10)11/h6-7H,3-5H2,1-2H3,(H,10,11). The molecule has 0 aliphatic carbocycles. The van der Waals surface area contributed by atoms with Gasteiger partial charge in [0, 0.05) is 0 Å². The quantitative estimate of drug-likeness (QED) is 0.643. The Labute approximate surface area is 111 Å². The second kappa shape index (κ2) is 5.61. The minimum atomic E-state index is -3.70. The third-order valence-electron chi connectivity index (χ3n) is 2.41. The predicted molar refractivity (Wildman–Crippen MR) is 63.6 cm³/mol. The normalized spacial score (nSPS) is 24.6. The monoisotopic (exact) mass is 317 g/mol. The van der Waals surface area contributed by atoms with Crippen molar-refractivity contribution in [3.8, 4) is 0 Å². The fourth-order valence-electron chi connectivity index (χ4n) is 1.79. The highest BCUT2D eigenvalue weighted by atomic mass is 32.2. The third-order valence-corrected chi connectivity index (χ3v) is 3.59. The van der Waals surface area contributed by atoms with E-state index in [9.17, 15) is 21.6 Å². The number of nitrogens with zero attached hydrogens (tertiary/aromatic N) is 1. The van der Waals surface area contributed by atoms with E-state index < -0.39 is 38.5 Å². The van der Waals surface area contributed by atoms with Crippen molar-refractivity contribution in [1.29, 1.82) is 0 Å². The van der Waals surface area contributed by atoms with Crippen LogP contribution in [-0.4, -0.2) is 70.7 Å². The summed E-state index contributed by atoms with van der Waals surface area (Å²) in [5.74, 6) is 0.